The molecule has 0 saturated carbocycles. The van der Waals surface area contributed by atoms with Crippen LogP contribution in [0.4, 0.5) is 0 Å². The molecule has 0 fully saturated rings. The van der Waals surface area contributed by atoms with E-state index in [1.165, 1.54) is 28.7 Å². The van der Waals surface area contributed by atoms with Crippen molar-refractivity contribution in [2.24, 2.45) is 0 Å². The van der Waals surface area contributed by atoms with Gasteiger partial charge in [0.2, 0.25) is 5.91 Å². The summed E-state index contributed by atoms with van der Waals surface area (Å²) >= 11 is 2.72. The summed E-state index contributed by atoms with van der Waals surface area (Å²) in [5.74, 6) is 0.161. The first-order valence-electron chi connectivity index (χ1n) is 7.56. The van der Waals surface area contributed by atoms with Crippen molar-refractivity contribution in [1.29, 1.82) is 0 Å². The Hall–Kier alpha value is -2.12. The van der Waals surface area contributed by atoms with Gasteiger partial charge < -0.3 is 10.3 Å². The number of amides is 1. The summed E-state index contributed by atoms with van der Waals surface area (Å²) in [6.07, 6.45) is 0.798. The smallest absolute Gasteiger partial charge is 0.260 e. The molecule has 0 aliphatic heterocycles. The number of carbonyl (C=O) groups is 1. The molecule has 1 aromatic carbocycles. The molecule has 7 heteroatoms. The lowest BCUT2D eigenvalue weighted by Gasteiger charge is -2.05. The molecule has 0 saturated heterocycles. The molecule has 2 aromatic heterocycles. The van der Waals surface area contributed by atoms with Crippen molar-refractivity contribution in [3.8, 4) is 0 Å². The second kappa shape index (κ2) is 7.63. The topological polar surface area (TPSA) is 74.8 Å². The Balaban J connectivity index is 1.52. The molecular formula is C17H17N3O2S2. The Morgan fingerprint density at radius 1 is 1.33 bits per heavy atom. The fraction of sp³-hybridized carbons (Fsp3) is 0.235. The van der Waals surface area contributed by atoms with Crippen molar-refractivity contribution in [2.75, 3.05) is 12.3 Å². The average Bonchev–Trinajstić information content (AvgIpc) is 2.95. The van der Waals surface area contributed by atoms with E-state index in [2.05, 4.69) is 15.3 Å². The van der Waals surface area contributed by atoms with Crippen LogP contribution in [-0.4, -0.2) is 28.2 Å². The van der Waals surface area contributed by atoms with Crippen LogP contribution in [0.5, 0.6) is 0 Å². The van der Waals surface area contributed by atoms with E-state index in [9.17, 15) is 9.59 Å². The minimum Gasteiger partial charge on any atom is -0.355 e. The lowest BCUT2D eigenvalue weighted by molar-refractivity contribution is -0.118. The van der Waals surface area contributed by atoms with Crippen LogP contribution in [0.1, 0.15) is 10.4 Å². The molecule has 124 valence electrons. The SMILES string of the molecule is Cc1cc2c(=O)[nH]c(SCC(=O)NCCc3ccccc3)nc2s1. The molecule has 24 heavy (non-hydrogen) atoms. The van der Waals surface area contributed by atoms with E-state index in [4.69, 9.17) is 0 Å². The number of benzene rings is 1. The van der Waals surface area contributed by atoms with E-state index in [0.29, 0.717) is 21.9 Å². The molecule has 3 aromatic rings. The number of rotatable bonds is 6. The first kappa shape index (κ1) is 16.7. The van der Waals surface area contributed by atoms with Gasteiger partial charge in [-0.15, -0.1) is 11.3 Å². The summed E-state index contributed by atoms with van der Waals surface area (Å²) in [7, 11) is 0. The van der Waals surface area contributed by atoms with Crippen molar-refractivity contribution in [1.82, 2.24) is 15.3 Å². The van der Waals surface area contributed by atoms with Gasteiger partial charge in [0.15, 0.2) is 5.16 Å². The van der Waals surface area contributed by atoms with Crippen LogP contribution in [-0.2, 0) is 11.2 Å². The number of thiophene rings is 1. The molecule has 0 bridgehead atoms. The number of H-pyrrole nitrogens is 1. The molecule has 0 atom stereocenters. The van der Waals surface area contributed by atoms with Gasteiger partial charge in [-0.3, -0.25) is 9.59 Å². The van der Waals surface area contributed by atoms with Crippen molar-refractivity contribution in [3.63, 3.8) is 0 Å². The molecule has 0 radical (unpaired) electrons. The normalized spacial score (nSPS) is 10.9. The van der Waals surface area contributed by atoms with Gasteiger partial charge in [-0.05, 0) is 25.0 Å². The maximum Gasteiger partial charge on any atom is 0.260 e. The predicted octanol–water partition coefficient (Wildman–Crippen LogP) is 2.74. The van der Waals surface area contributed by atoms with Crippen LogP contribution in [0.15, 0.2) is 46.3 Å². The zero-order valence-electron chi connectivity index (χ0n) is 13.2. The van der Waals surface area contributed by atoms with E-state index in [1.807, 2.05) is 43.3 Å². The third-order valence-corrected chi connectivity index (χ3v) is 5.24. The number of hydrogen-bond acceptors (Lipinski definition) is 5. The van der Waals surface area contributed by atoms with Crippen molar-refractivity contribution >= 4 is 39.2 Å². The van der Waals surface area contributed by atoms with Crippen LogP contribution >= 0.6 is 23.1 Å². The number of nitrogens with zero attached hydrogens (tertiary/aromatic N) is 1. The Labute approximate surface area is 147 Å². The number of thioether (sulfide) groups is 1. The summed E-state index contributed by atoms with van der Waals surface area (Å²) in [5.41, 5.74) is 1.03. The minimum atomic E-state index is -0.156. The summed E-state index contributed by atoms with van der Waals surface area (Å²) < 4.78 is 0. The lowest BCUT2D eigenvalue weighted by Crippen LogP contribution is -2.27. The standard InChI is InChI=1S/C17H17N3O2S2/c1-11-9-13-15(22)19-17(20-16(13)24-11)23-10-14(21)18-8-7-12-5-3-2-4-6-12/h2-6,9H,7-8,10H2,1H3,(H,18,21)(H,19,20,22). The van der Waals surface area contributed by atoms with Gasteiger partial charge >= 0.3 is 0 Å². The molecule has 2 N–H and O–H groups in total. The number of aromatic amines is 1. The zero-order valence-corrected chi connectivity index (χ0v) is 14.8. The average molecular weight is 359 g/mol. The van der Waals surface area contributed by atoms with E-state index in [0.717, 1.165) is 11.3 Å². The Morgan fingerprint density at radius 3 is 2.92 bits per heavy atom. The van der Waals surface area contributed by atoms with Crippen LogP contribution in [0.25, 0.3) is 10.2 Å². The molecule has 0 aliphatic rings. The molecule has 0 aliphatic carbocycles. The highest BCUT2D eigenvalue weighted by atomic mass is 32.2. The van der Waals surface area contributed by atoms with E-state index >= 15 is 0 Å². The first-order valence-corrected chi connectivity index (χ1v) is 9.36. The molecular weight excluding hydrogens is 342 g/mol. The highest BCUT2D eigenvalue weighted by Gasteiger charge is 2.09. The number of aryl methyl sites for hydroxylation is 1. The third kappa shape index (κ3) is 4.24. The summed E-state index contributed by atoms with van der Waals surface area (Å²) in [5, 5.41) is 3.97. The molecule has 3 rings (SSSR count). The first-order chi connectivity index (χ1) is 11.6. The maximum atomic E-state index is 12.0. The lowest BCUT2D eigenvalue weighted by atomic mass is 10.1. The van der Waals surface area contributed by atoms with E-state index < -0.39 is 0 Å². The maximum absolute atomic E-state index is 12.0. The number of carbonyl (C=O) groups excluding carboxylic acids is 1. The van der Waals surface area contributed by atoms with Crippen LogP contribution in [0.2, 0.25) is 0 Å². The fourth-order valence-corrected chi connectivity index (χ4v) is 3.91. The summed E-state index contributed by atoms with van der Waals surface area (Å²) in [6.45, 7) is 2.54. The van der Waals surface area contributed by atoms with Crippen LogP contribution < -0.4 is 10.9 Å². The Morgan fingerprint density at radius 2 is 2.12 bits per heavy atom. The molecule has 1 amide bonds. The number of fused-ring (bicyclic) bond motifs is 1. The van der Waals surface area contributed by atoms with E-state index in [-0.39, 0.29) is 17.2 Å². The van der Waals surface area contributed by atoms with Gasteiger partial charge in [0.05, 0.1) is 11.1 Å². The highest BCUT2D eigenvalue weighted by Crippen LogP contribution is 2.22. The zero-order chi connectivity index (χ0) is 16.9. The van der Waals surface area contributed by atoms with E-state index in [1.54, 1.807) is 0 Å². The van der Waals surface area contributed by atoms with Gasteiger partial charge in [-0.2, -0.15) is 0 Å². The Kier molecular flexibility index (Phi) is 5.32. The number of nitrogens with one attached hydrogen (secondary N) is 2. The molecule has 2 heterocycles. The van der Waals surface area contributed by atoms with Crippen molar-refractivity contribution in [2.45, 2.75) is 18.5 Å². The number of aromatic nitrogens is 2. The predicted molar refractivity (Wildman–Crippen MR) is 98.9 cm³/mol. The van der Waals surface area contributed by atoms with Gasteiger partial charge in [0, 0.05) is 11.4 Å². The molecule has 0 unspecified atom stereocenters. The second-order valence-corrected chi connectivity index (χ2v) is 7.52. The van der Waals surface area contributed by atoms with Crippen LogP contribution in [0, 0.1) is 6.92 Å². The van der Waals surface area contributed by atoms with Crippen molar-refractivity contribution < 1.29 is 4.79 Å². The van der Waals surface area contributed by atoms with Gasteiger partial charge in [0.1, 0.15) is 4.83 Å². The third-order valence-electron chi connectivity index (χ3n) is 3.42. The summed E-state index contributed by atoms with van der Waals surface area (Å²) in [4.78, 5) is 32.8. The monoisotopic (exact) mass is 359 g/mol. The van der Waals surface area contributed by atoms with Gasteiger partial charge in [-0.1, -0.05) is 42.1 Å². The molecule has 0 spiro atoms. The summed E-state index contributed by atoms with van der Waals surface area (Å²) in [6, 6.07) is 11.8. The number of hydrogen-bond donors (Lipinski definition) is 2. The highest BCUT2D eigenvalue weighted by molar-refractivity contribution is 7.99. The Bertz CT molecular complexity index is 903. The van der Waals surface area contributed by atoms with Gasteiger partial charge in [0.25, 0.3) is 5.56 Å². The minimum absolute atomic E-state index is 0.0685. The van der Waals surface area contributed by atoms with Gasteiger partial charge in [-0.25, -0.2) is 4.98 Å². The second-order valence-electron chi connectivity index (χ2n) is 5.32. The van der Waals surface area contributed by atoms with Crippen molar-refractivity contribution in [3.05, 3.63) is 57.2 Å². The largest absolute Gasteiger partial charge is 0.355 e. The molecule has 5 nitrogen and oxygen atoms in total. The quantitative estimate of drug-likeness (QED) is 0.524. The fourth-order valence-electron chi connectivity index (χ4n) is 2.28. The van der Waals surface area contributed by atoms with Crippen LogP contribution in [0.3, 0.4) is 0 Å².